The van der Waals surface area contributed by atoms with Gasteiger partial charge in [-0.05, 0) is 32.8 Å². The Kier molecular flexibility index (Phi) is 16.6. The summed E-state index contributed by atoms with van der Waals surface area (Å²) in [6, 6.07) is 6.56. The largest absolute Gasteiger partial charge is 0.480 e. The SMILES string of the molecule is CCCCCCCCCCCC[C@H](NC(=O)[C@@H](CC(=O)OCc1ccccc1)NC(=O)OC(C)(C)C)C(=O)O. The second kappa shape index (κ2) is 19.0. The molecule has 0 aliphatic heterocycles. The zero-order valence-electron chi connectivity index (χ0n) is 24.1. The Balaban J connectivity index is 2.62. The average Bonchev–Trinajstić information content (AvgIpc) is 2.86. The molecule has 0 aromatic heterocycles. The van der Waals surface area contributed by atoms with Crippen LogP contribution in [0.4, 0.5) is 4.79 Å². The molecule has 0 bridgehead atoms. The van der Waals surface area contributed by atoms with E-state index < -0.39 is 48.0 Å². The number of carboxylic acids is 1. The van der Waals surface area contributed by atoms with Gasteiger partial charge >= 0.3 is 18.0 Å². The van der Waals surface area contributed by atoms with Gasteiger partial charge in [0.2, 0.25) is 5.91 Å². The molecule has 0 aliphatic rings. The van der Waals surface area contributed by atoms with Gasteiger partial charge in [-0.25, -0.2) is 9.59 Å². The molecule has 0 unspecified atom stereocenters. The maximum Gasteiger partial charge on any atom is 0.408 e. The summed E-state index contributed by atoms with van der Waals surface area (Å²) in [4.78, 5) is 49.6. The molecule has 1 aromatic rings. The minimum atomic E-state index is -1.35. The number of benzene rings is 1. The lowest BCUT2D eigenvalue weighted by Crippen LogP contribution is -2.53. The lowest BCUT2D eigenvalue weighted by atomic mass is 10.0. The van der Waals surface area contributed by atoms with Crippen LogP contribution in [-0.4, -0.2) is 46.7 Å². The monoisotopic (exact) mass is 548 g/mol. The second-order valence-electron chi connectivity index (χ2n) is 10.9. The Morgan fingerprint density at radius 1 is 0.821 bits per heavy atom. The van der Waals surface area contributed by atoms with Crippen molar-refractivity contribution in [2.75, 3.05) is 0 Å². The molecule has 0 radical (unpaired) electrons. The van der Waals surface area contributed by atoms with Crippen LogP contribution in [0.2, 0.25) is 0 Å². The Morgan fingerprint density at radius 2 is 1.38 bits per heavy atom. The highest BCUT2D eigenvalue weighted by Gasteiger charge is 2.30. The third kappa shape index (κ3) is 17.2. The summed E-state index contributed by atoms with van der Waals surface area (Å²) in [5, 5.41) is 14.5. The molecule has 1 aromatic carbocycles. The molecule has 0 saturated carbocycles. The lowest BCUT2D eigenvalue weighted by Gasteiger charge is -2.24. The van der Waals surface area contributed by atoms with Gasteiger partial charge in [-0.3, -0.25) is 9.59 Å². The van der Waals surface area contributed by atoms with Crippen molar-refractivity contribution in [3.8, 4) is 0 Å². The van der Waals surface area contributed by atoms with Crippen molar-refractivity contribution in [3.63, 3.8) is 0 Å². The van der Waals surface area contributed by atoms with E-state index in [0.29, 0.717) is 6.42 Å². The van der Waals surface area contributed by atoms with Crippen LogP contribution in [-0.2, 0) is 30.5 Å². The van der Waals surface area contributed by atoms with Gasteiger partial charge < -0.3 is 25.2 Å². The highest BCUT2D eigenvalue weighted by molar-refractivity contribution is 5.92. The second-order valence-corrected chi connectivity index (χ2v) is 10.9. The number of rotatable bonds is 19. The molecule has 9 heteroatoms. The molecule has 39 heavy (non-hydrogen) atoms. The van der Waals surface area contributed by atoms with E-state index in [1.54, 1.807) is 32.9 Å². The molecule has 0 saturated heterocycles. The molecule has 2 atom stereocenters. The number of carbonyl (C=O) groups excluding carboxylic acids is 3. The van der Waals surface area contributed by atoms with Gasteiger partial charge in [0.05, 0.1) is 6.42 Å². The predicted molar refractivity (Wildman–Crippen MR) is 150 cm³/mol. The smallest absolute Gasteiger partial charge is 0.408 e. The number of unbranched alkanes of at least 4 members (excludes halogenated alkanes) is 9. The predicted octanol–water partition coefficient (Wildman–Crippen LogP) is 5.89. The van der Waals surface area contributed by atoms with Gasteiger partial charge in [0.1, 0.15) is 24.3 Å². The van der Waals surface area contributed by atoms with E-state index in [9.17, 15) is 24.3 Å². The van der Waals surface area contributed by atoms with Crippen LogP contribution in [0.1, 0.15) is 110 Å². The molecule has 220 valence electrons. The Morgan fingerprint density at radius 3 is 1.92 bits per heavy atom. The van der Waals surface area contributed by atoms with Gasteiger partial charge in [-0.15, -0.1) is 0 Å². The fourth-order valence-corrected chi connectivity index (χ4v) is 3.99. The van der Waals surface area contributed by atoms with Gasteiger partial charge in [-0.1, -0.05) is 101 Å². The summed E-state index contributed by atoms with van der Waals surface area (Å²) in [5.74, 6) is -2.66. The van der Waals surface area contributed by atoms with Gasteiger partial charge in [0, 0.05) is 0 Å². The number of aliphatic carboxylic acids is 1. The van der Waals surface area contributed by atoms with Gasteiger partial charge in [0.25, 0.3) is 0 Å². The van der Waals surface area contributed by atoms with Crippen LogP contribution in [0.5, 0.6) is 0 Å². The number of amides is 2. The van der Waals surface area contributed by atoms with Crippen LogP contribution in [0, 0.1) is 0 Å². The first-order chi connectivity index (χ1) is 18.5. The number of hydrogen-bond donors (Lipinski definition) is 3. The van der Waals surface area contributed by atoms with Crippen molar-refractivity contribution in [2.24, 2.45) is 0 Å². The van der Waals surface area contributed by atoms with Crippen LogP contribution in [0.3, 0.4) is 0 Å². The van der Waals surface area contributed by atoms with E-state index in [0.717, 1.165) is 24.8 Å². The van der Waals surface area contributed by atoms with E-state index >= 15 is 0 Å². The number of carbonyl (C=O) groups is 4. The van der Waals surface area contributed by atoms with Crippen LogP contribution in [0.15, 0.2) is 30.3 Å². The fraction of sp³-hybridized carbons (Fsp3) is 0.667. The number of hydrogen-bond acceptors (Lipinski definition) is 6. The number of ether oxygens (including phenoxy) is 2. The minimum Gasteiger partial charge on any atom is -0.480 e. The quantitative estimate of drug-likeness (QED) is 0.145. The average molecular weight is 549 g/mol. The molecule has 3 N–H and O–H groups in total. The molecule has 0 spiro atoms. The summed E-state index contributed by atoms with van der Waals surface area (Å²) in [7, 11) is 0. The first-order valence-corrected chi connectivity index (χ1v) is 14.2. The molecule has 1 rings (SSSR count). The van der Waals surface area contributed by atoms with Crippen molar-refractivity contribution in [2.45, 2.75) is 129 Å². The summed E-state index contributed by atoms with van der Waals surface area (Å²) in [6.07, 6.45) is 10.0. The Hall–Kier alpha value is -3.10. The first kappa shape index (κ1) is 33.9. The van der Waals surface area contributed by atoms with E-state index in [4.69, 9.17) is 9.47 Å². The van der Waals surface area contributed by atoms with Crippen molar-refractivity contribution < 1.29 is 33.8 Å². The molecule has 9 nitrogen and oxygen atoms in total. The van der Waals surface area contributed by atoms with E-state index in [-0.39, 0.29) is 13.0 Å². The topological polar surface area (TPSA) is 131 Å². The maximum absolute atomic E-state index is 13.0. The Labute approximate surface area is 233 Å². The summed E-state index contributed by atoms with van der Waals surface area (Å²) < 4.78 is 10.5. The number of carboxylic acid groups (broad SMARTS) is 1. The van der Waals surface area contributed by atoms with Crippen molar-refractivity contribution >= 4 is 23.9 Å². The summed E-state index contributed by atoms with van der Waals surface area (Å²) in [5.41, 5.74) is -0.0488. The van der Waals surface area contributed by atoms with Crippen LogP contribution >= 0.6 is 0 Å². The van der Waals surface area contributed by atoms with Gasteiger partial charge in [0.15, 0.2) is 0 Å². The summed E-state index contributed by atoms with van der Waals surface area (Å²) >= 11 is 0. The maximum atomic E-state index is 13.0. The number of esters is 1. The molecule has 2 amide bonds. The van der Waals surface area contributed by atoms with Gasteiger partial charge in [-0.2, -0.15) is 0 Å². The number of nitrogens with one attached hydrogen (secondary N) is 2. The lowest BCUT2D eigenvalue weighted by molar-refractivity contribution is -0.147. The normalized spacial score (nSPS) is 12.7. The van der Waals surface area contributed by atoms with Crippen LogP contribution < -0.4 is 10.6 Å². The van der Waals surface area contributed by atoms with Crippen molar-refractivity contribution in [1.29, 1.82) is 0 Å². The van der Waals surface area contributed by atoms with Crippen LogP contribution in [0.25, 0.3) is 0 Å². The minimum absolute atomic E-state index is 0.0109. The molecule has 0 heterocycles. The van der Waals surface area contributed by atoms with Crippen molar-refractivity contribution in [3.05, 3.63) is 35.9 Å². The zero-order valence-corrected chi connectivity index (χ0v) is 24.1. The Bertz CT molecular complexity index is 868. The molecule has 0 aliphatic carbocycles. The summed E-state index contributed by atoms with van der Waals surface area (Å²) in [6.45, 7) is 7.22. The molecular weight excluding hydrogens is 500 g/mol. The van der Waals surface area contributed by atoms with E-state index in [1.165, 1.54) is 38.5 Å². The molecular formula is C30H48N2O7. The third-order valence-electron chi connectivity index (χ3n) is 6.08. The highest BCUT2D eigenvalue weighted by atomic mass is 16.6. The molecule has 0 fully saturated rings. The van der Waals surface area contributed by atoms with Crippen molar-refractivity contribution in [1.82, 2.24) is 10.6 Å². The van der Waals surface area contributed by atoms with E-state index in [2.05, 4.69) is 17.6 Å². The highest BCUT2D eigenvalue weighted by Crippen LogP contribution is 2.13. The number of alkyl carbamates (subject to hydrolysis) is 1. The fourth-order valence-electron chi connectivity index (χ4n) is 3.99. The standard InChI is InChI=1S/C30H48N2O7/c1-5-6-7-8-9-10-11-12-13-17-20-24(28(35)36)31-27(34)25(32-29(37)39-30(2,3)4)21-26(33)38-22-23-18-15-14-16-19-23/h14-16,18-19,24-25H,5-13,17,20-22H2,1-4H3,(H,31,34)(H,32,37)(H,35,36)/t24-,25+/m0/s1. The zero-order chi connectivity index (χ0) is 29.1. The van der Waals surface area contributed by atoms with E-state index in [1.807, 2.05) is 18.2 Å². The third-order valence-corrected chi connectivity index (χ3v) is 6.08. The first-order valence-electron chi connectivity index (χ1n) is 14.2.